The van der Waals surface area contributed by atoms with Crippen LogP contribution in [0, 0.1) is 11.8 Å². The molecule has 3 aliphatic rings. The number of hydrogen-bond donors (Lipinski definition) is 1. The maximum Gasteiger partial charge on any atom is 0.287 e. The van der Waals surface area contributed by atoms with Crippen LogP contribution in [0.5, 0.6) is 0 Å². The molecule has 1 aliphatic carbocycles. The first-order valence-electron chi connectivity index (χ1n) is 10.1. The molecule has 2 saturated heterocycles. The molecular weight excluding hydrogens is 346 g/mol. The second kappa shape index (κ2) is 8.44. The fourth-order valence-corrected chi connectivity index (χ4v) is 4.01. The highest BCUT2D eigenvalue weighted by atomic mass is 16.5. The van der Waals surface area contributed by atoms with Gasteiger partial charge in [0, 0.05) is 26.2 Å². The van der Waals surface area contributed by atoms with Gasteiger partial charge in [0.2, 0.25) is 5.91 Å². The van der Waals surface area contributed by atoms with Crippen molar-refractivity contribution < 1.29 is 18.7 Å². The van der Waals surface area contributed by atoms with E-state index in [0.29, 0.717) is 19.0 Å². The number of carbonyl (C=O) groups excluding carboxylic acids is 2. The fraction of sp³-hybridized carbons (Fsp3) is 0.700. The van der Waals surface area contributed by atoms with Gasteiger partial charge < -0.3 is 24.3 Å². The van der Waals surface area contributed by atoms with Gasteiger partial charge in [-0.2, -0.15) is 0 Å². The van der Waals surface area contributed by atoms with Crippen molar-refractivity contribution in [1.29, 1.82) is 0 Å². The Balaban J connectivity index is 1.20. The first-order chi connectivity index (χ1) is 13.2. The SMILES string of the molecule is O=C(NCC1CN(CC2CCN(CC3CC3)CC2)C(=O)CO1)c1ccco1. The lowest BCUT2D eigenvalue weighted by Crippen LogP contribution is -2.52. The van der Waals surface area contributed by atoms with Crippen LogP contribution in [0.25, 0.3) is 0 Å². The highest BCUT2D eigenvalue weighted by Crippen LogP contribution is 2.31. The Kier molecular flexibility index (Phi) is 5.78. The molecular formula is C20H29N3O4. The summed E-state index contributed by atoms with van der Waals surface area (Å²) in [6.45, 7) is 5.40. The van der Waals surface area contributed by atoms with E-state index in [1.807, 2.05) is 4.90 Å². The monoisotopic (exact) mass is 375 g/mol. The quantitative estimate of drug-likeness (QED) is 0.779. The van der Waals surface area contributed by atoms with Gasteiger partial charge in [0.25, 0.3) is 5.91 Å². The molecule has 4 rings (SSSR count). The van der Waals surface area contributed by atoms with Crippen LogP contribution in [0.15, 0.2) is 22.8 Å². The zero-order valence-corrected chi connectivity index (χ0v) is 15.8. The van der Waals surface area contributed by atoms with E-state index >= 15 is 0 Å². The third-order valence-corrected chi connectivity index (χ3v) is 5.85. The number of rotatable bonds is 7. The fourth-order valence-electron chi connectivity index (χ4n) is 4.01. The highest BCUT2D eigenvalue weighted by molar-refractivity contribution is 5.91. The van der Waals surface area contributed by atoms with Gasteiger partial charge in [0.1, 0.15) is 6.61 Å². The van der Waals surface area contributed by atoms with Gasteiger partial charge in [-0.15, -0.1) is 0 Å². The minimum absolute atomic E-state index is 0.0593. The normalized spacial score (nSPS) is 25.0. The van der Waals surface area contributed by atoms with E-state index in [1.54, 1.807) is 12.1 Å². The number of furan rings is 1. The lowest BCUT2D eigenvalue weighted by atomic mass is 9.95. The molecule has 1 atom stereocenters. The summed E-state index contributed by atoms with van der Waals surface area (Å²) >= 11 is 0. The Morgan fingerprint density at radius 2 is 1.93 bits per heavy atom. The van der Waals surface area contributed by atoms with E-state index in [1.165, 1.54) is 25.6 Å². The van der Waals surface area contributed by atoms with E-state index in [0.717, 1.165) is 38.4 Å². The van der Waals surface area contributed by atoms with E-state index in [4.69, 9.17) is 9.15 Å². The van der Waals surface area contributed by atoms with Crippen molar-refractivity contribution in [3.63, 3.8) is 0 Å². The van der Waals surface area contributed by atoms with Crippen molar-refractivity contribution in [2.45, 2.75) is 31.8 Å². The predicted octanol–water partition coefficient (Wildman–Crippen LogP) is 1.36. The van der Waals surface area contributed by atoms with Crippen LogP contribution >= 0.6 is 0 Å². The zero-order valence-electron chi connectivity index (χ0n) is 15.8. The van der Waals surface area contributed by atoms with Gasteiger partial charge in [-0.1, -0.05) is 0 Å². The van der Waals surface area contributed by atoms with E-state index in [2.05, 4.69) is 10.2 Å². The molecule has 27 heavy (non-hydrogen) atoms. The van der Waals surface area contributed by atoms with Gasteiger partial charge >= 0.3 is 0 Å². The van der Waals surface area contributed by atoms with Gasteiger partial charge in [0.15, 0.2) is 5.76 Å². The molecule has 148 valence electrons. The van der Waals surface area contributed by atoms with Gasteiger partial charge in [-0.3, -0.25) is 9.59 Å². The highest BCUT2D eigenvalue weighted by Gasteiger charge is 2.31. The molecule has 0 radical (unpaired) electrons. The summed E-state index contributed by atoms with van der Waals surface area (Å²) in [5.74, 6) is 1.61. The maximum atomic E-state index is 12.2. The molecule has 1 aromatic heterocycles. The van der Waals surface area contributed by atoms with Gasteiger partial charge in [-0.25, -0.2) is 0 Å². The summed E-state index contributed by atoms with van der Waals surface area (Å²) in [7, 11) is 0. The van der Waals surface area contributed by atoms with Crippen molar-refractivity contribution in [3.05, 3.63) is 24.2 Å². The number of piperidine rings is 1. The lowest BCUT2D eigenvalue weighted by Gasteiger charge is -2.38. The summed E-state index contributed by atoms with van der Waals surface area (Å²) in [5.41, 5.74) is 0. The van der Waals surface area contributed by atoms with E-state index < -0.39 is 0 Å². The molecule has 2 aliphatic heterocycles. The van der Waals surface area contributed by atoms with Crippen LogP contribution < -0.4 is 5.32 Å². The molecule has 1 unspecified atom stereocenters. The zero-order chi connectivity index (χ0) is 18.6. The number of amides is 2. The number of ether oxygens (including phenoxy) is 1. The molecule has 3 heterocycles. The Labute approximate surface area is 160 Å². The number of carbonyl (C=O) groups is 2. The summed E-state index contributed by atoms with van der Waals surface area (Å²) in [6, 6.07) is 3.31. The number of nitrogens with zero attached hydrogens (tertiary/aromatic N) is 2. The Morgan fingerprint density at radius 1 is 1.15 bits per heavy atom. The molecule has 0 aromatic carbocycles. The smallest absolute Gasteiger partial charge is 0.287 e. The Bertz CT molecular complexity index is 636. The first kappa shape index (κ1) is 18.5. The standard InChI is InChI=1S/C20H29N3O4/c24-19-14-27-17(10-21-20(25)18-2-1-9-26-18)13-23(19)12-16-5-7-22(8-6-16)11-15-3-4-15/h1-2,9,15-17H,3-8,10-14H2,(H,21,25). The molecule has 7 heteroatoms. The second-order valence-electron chi connectivity index (χ2n) is 8.11. The van der Waals surface area contributed by atoms with Crippen molar-refractivity contribution in [2.24, 2.45) is 11.8 Å². The summed E-state index contributed by atoms with van der Waals surface area (Å²) in [5, 5.41) is 2.82. The Morgan fingerprint density at radius 3 is 2.63 bits per heavy atom. The first-order valence-corrected chi connectivity index (χ1v) is 10.1. The van der Waals surface area contributed by atoms with Crippen LogP contribution in [-0.4, -0.2) is 73.6 Å². The molecule has 1 saturated carbocycles. The van der Waals surface area contributed by atoms with E-state index in [9.17, 15) is 9.59 Å². The van der Waals surface area contributed by atoms with Gasteiger partial charge in [0.05, 0.1) is 12.4 Å². The van der Waals surface area contributed by atoms with Crippen molar-refractivity contribution >= 4 is 11.8 Å². The minimum Gasteiger partial charge on any atom is -0.459 e. The molecule has 0 bridgehead atoms. The summed E-state index contributed by atoms with van der Waals surface area (Å²) < 4.78 is 10.7. The third kappa shape index (κ3) is 5.11. The Hall–Kier alpha value is -1.86. The number of likely N-dealkylation sites (tertiary alicyclic amines) is 1. The molecule has 7 nitrogen and oxygen atoms in total. The van der Waals surface area contributed by atoms with Gasteiger partial charge in [-0.05, 0) is 62.7 Å². The third-order valence-electron chi connectivity index (χ3n) is 5.85. The molecule has 1 N–H and O–H groups in total. The van der Waals surface area contributed by atoms with Crippen LogP contribution in [-0.2, 0) is 9.53 Å². The average molecular weight is 375 g/mol. The average Bonchev–Trinajstić information content (AvgIpc) is 3.31. The summed E-state index contributed by atoms with van der Waals surface area (Å²) in [6.07, 6.45) is 6.44. The topological polar surface area (TPSA) is 75.0 Å². The predicted molar refractivity (Wildman–Crippen MR) is 99.2 cm³/mol. The van der Waals surface area contributed by atoms with Crippen LogP contribution in [0.2, 0.25) is 0 Å². The minimum atomic E-state index is -0.255. The molecule has 1 aromatic rings. The number of morpholine rings is 1. The van der Waals surface area contributed by atoms with Crippen LogP contribution in [0.4, 0.5) is 0 Å². The number of hydrogen-bond acceptors (Lipinski definition) is 5. The molecule has 3 fully saturated rings. The van der Waals surface area contributed by atoms with Crippen LogP contribution in [0.1, 0.15) is 36.2 Å². The van der Waals surface area contributed by atoms with Crippen molar-refractivity contribution in [3.8, 4) is 0 Å². The van der Waals surface area contributed by atoms with Crippen molar-refractivity contribution in [1.82, 2.24) is 15.1 Å². The molecule has 2 amide bonds. The lowest BCUT2D eigenvalue weighted by molar-refractivity contribution is -0.149. The maximum absolute atomic E-state index is 12.2. The van der Waals surface area contributed by atoms with E-state index in [-0.39, 0.29) is 30.3 Å². The second-order valence-corrected chi connectivity index (χ2v) is 8.11. The van der Waals surface area contributed by atoms with Crippen LogP contribution in [0.3, 0.4) is 0 Å². The largest absolute Gasteiger partial charge is 0.459 e. The molecule has 0 spiro atoms. The van der Waals surface area contributed by atoms with Crippen molar-refractivity contribution in [2.75, 3.05) is 45.9 Å². The number of nitrogens with one attached hydrogen (secondary N) is 1. The summed E-state index contributed by atoms with van der Waals surface area (Å²) in [4.78, 5) is 28.7.